The van der Waals surface area contributed by atoms with Gasteiger partial charge in [-0.15, -0.1) is 0 Å². The van der Waals surface area contributed by atoms with E-state index in [1.54, 1.807) is 24.3 Å². The second-order valence-electron chi connectivity index (χ2n) is 6.82. The summed E-state index contributed by atoms with van der Waals surface area (Å²) in [6.07, 6.45) is 1.83. The summed E-state index contributed by atoms with van der Waals surface area (Å²) in [6, 6.07) is 10.8. The van der Waals surface area contributed by atoms with Gasteiger partial charge in [0.25, 0.3) is 0 Å². The van der Waals surface area contributed by atoms with E-state index in [4.69, 9.17) is 0 Å². The van der Waals surface area contributed by atoms with Gasteiger partial charge in [0.1, 0.15) is 11.6 Å². The van der Waals surface area contributed by atoms with Crippen LogP contribution in [0, 0.1) is 11.6 Å². The first-order chi connectivity index (χ1) is 11.9. The summed E-state index contributed by atoms with van der Waals surface area (Å²) < 4.78 is 27.2. The van der Waals surface area contributed by atoms with Gasteiger partial charge in [0.05, 0.1) is 6.42 Å². The number of amides is 1. The van der Waals surface area contributed by atoms with Crippen molar-refractivity contribution in [3.05, 3.63) is 71.4 Å². The first-order valence-electron chi connectivity index (χ1n) is 8.14. The van der Waals surface area contributed by atoms with E-state index in [1.165, 1.54) is 18.2 Å². The summed E-state index contributed by atoms with van der Waals surface area (Å²) in [4.78, 5) is 15.3. The Morgan fingerprint density at radius 1 is 1.16 bits per heavy atom. The number of rotatable bonds is 5. The van der Waals surface area contributed by atoms with Crippen molar-refractivity contribution in [3.63, 3.8) is 0 Å². The monoisotopic (exact) mass is 342 g/mol. The van der Waals surface area contributed by atoms with Crippen LogP contribution < -0.4 is 5.32 Å². The smallest absolute Gasteiger partial charge is 0.224 e. The molecule has 0 spiro atoms. The maximum absolute atomic E-state index is 13.6. The standard InChI is InChI=1S/C20H20F2N2O/c1-20(2,16-11-23-18-8-7-14(21)10-15(16)18)12-24-19(25)9-13-5-3-4-6-17(13)22/h3-8,10-11,23H,9,12H2,1-2H3,(H,24,25). The highest BCUT2D eigenvalue weighted by Crippen LogP contribution is 2.30. The van der Waals surface area contributed by atoms with Crippen LogP contribution in [0.15, 0.2) is 48.7 Å². The van der Waals surface area contributed by atoms with Crippen molar-refractivity contribution in [2.24, 2.45) is 0 Å². The van der Waals surface area contributed by atoms with Gasteiger partial charge >= 0.3 is 0 Å². The quantitative estimate of drug-likeness (QED) is 0.721. The summed E-state index contributed by atoms with van der Waals surface area (Å²) in [6.45, 7) is 4.32. The largest absolute Gasteiger partial charge is 0.361 e. The lowest BCUT2D eigenvalue weighted by Crippen LogP contribution is -2.37. The number of fused-ring (bicyclic) bond motifs is 1. The Morgan fingerprint density at radius 2 is 1.92 bits per heavy atom. The molecule has 0 aliphatic rings. The van der Waals surface area contributed by atoms with Crippen molar-refractivity contribution < 1.29 is 13.6 Å². The lowest BCUT2D eigenvalue weighted by atomic mass is 9.84. The third-order valence-electron chi connectivity index (χ3n) is 4.41. The lowest BCUT2D eigenvalue weighted by molar-refractivity contribution is -0.120. The van der Waals surface area contributed by atoms with E-state index in [9.17, 15) is 13.6 Å². The molecular formula is C20H20F2N2O. The normalized spacial score (nSPS) is 11.7. The van der Waals surface area contributed by atoms with Crippen LogP contribution in [0.1, 0.15) is 25.0 Å². The molecule has 1 aromatic heterocycles. The molecule has 1 heterocycles. The van der Waals surface area contributed by atoms with Crippen LogP contribution in [0.4, 0.5) is 8.78 Å². The van der Waals surface area contributed by atoms with Crippen LogP contribution in [0.25, 0.3) is 10.9 Å². The molecule has 5 heteroatoms. The third-order valence-corrected chi connectivity index (χ3v) is 4.41. The SMILES string of the molecule is CC(C)(CNC(=O)Cc1ccccc1F)c1c[nH]c2ccc(F)cc12. The number of aromatic nitrogens is 1. The number of H-pyrrole nitrogens is 1. The van der Waals surface area contributed by atoms with Gasteiger partial charge in [0.15, 0.2) is 0 Å². The van der Waals surface area contributed by atoms with Crippen LogP contribution in [0.3, 0.4) is 0 Å². The lowest BCUT2D eigenvalue weighted by Gasteiger charge is -2.25. The third kappa shape index (κ3) is 3.71. The Morgan fingerprint density at radius 3 is 2.68 bits per heavy atom. The van der Waals surface area contributed by atoms with Crippen LogP contribution in [0.5, 0.6) is 0 Å². The zero-order chi connectivity index (χ0) is 18.0. The Bertz CT molecular complexity index is 915. The number of halogens is 2. The predicted octanol–water partition coefficient (Wildman–Crippen LogP) is 4.08. The number of hydrogen-bond acceptors (Lipinski definition) is 1. The second-order valence-corrected chi connectivity index (χ2v) is 6.82. The Hall–Kier alpha value is -2.69. The van der Waals surface area contributed by atoms with Crippen molar-refractivity contribution in [2.45, 2.75) is 25.7 Å². The molecule has 3 aromatic rings. The zero-order valence-corrected chi connectivity index (χ0v) is 14.2. The number of nitrogens with one attached hydrogen (secondary N) is 2. The van der Waals surface area contributed by atoms with Crippen LogP contribution in [-0.2, 0) is 16.6 Å². The fourth-order valence-corrected chi connectivity index (χ4v) is 2.94. The molecular weight excluding hydrogens is 322 g/mol. The molecule has 2 N–H and O–H groups in total. The Labute approximate surface area is 145 Å². The number of benzene rings is 2. The fraction of sp³-hybridized carbons (Fsp3) is 0.250. The summed E-state index contributed by atoms with van der Waals surface area (Å²) in [5.41, 5.74) is 1.74. The van der Waals surface area contributed by atoms with Crippen LogP contribution in [0.2, 0.25) is 0 Å². The topological polar surface area (TPSA) is 44.9 Å². The number of aromatic amines is 1. The van der Waals surface area contributed by atoms with E-state index in [0.717, 1.165) is 16.5 Å². The van der Waals surface area contributed by atoms with Crippen LogP contribution in [-0.4, -0.2) is 17.4 Å². The molecule has 0 radical (unpaired) electrons. The molecule has 0 bridgehead atoms. The highest BCUT2D eigenvalue weighted by atomic mass is 19.1. The van der Waals surface area contributed by atoms with Gasteiger partial charge in [0, 0.05) is 29.1 Å². The van der Waals surface area contributed by atoms with E-state index in [2.05, 4.69) is 10.3 Å². The molecule has 1 amide bonds. The number of carbonyl (C=O) groups is 1. The molecule has 0 atom stereocenters. The molecule has 0 unspecified atom stereocenters. The first-order valence-corrected chi connectivity index (χ1v) is 8.14. The van der Waals surface area contributed by atoms with Gasteiger partial charge in [-0.25, -0.2) is 8.78 Å². The first kappa shape index (κ1) is 17.1. The van der Waals surface area contributed by atoms with Gasteiger partial charge in [-0.2, -0.15) is 0 Å². The van der Waals surface area contributed by atoms with Gasteiger partial charge < -0.3 is 10.3 Å². The Kier molecular flexibility index (Phi) is 4.57. The van der Waals surface area contributed by atoms with Crippen molar-refractivity contribution in [1.29, 1.82) is 0 Å². The Balaban J connectivity index is 1.71. The molecule has 0 saturated heterocycles. The second kappa shape index (κ2) is 6.67. The zero-order valence-electron chi connectivity index (χ0n) is 14.2. The van der Waals surface area contributed by atoms with E-state index >= 15 is 0 Å². The van der Waals surface area contributed by atoms with Gasteiger partial charge in [-0.1, -0.05) is 32.0 Å². The molecule has 0 fully saturated rings. The molecule has 3 rings (SSSR count). The van der Waals surface area contributed by atoms with Gasteiger partial charge in [0.2, 0.25) is 5.91 Å². The summed E-state index contributed by atoms with van der Waals surface area (Å²) in [5.74, 6) is -0.930. The molecule has 0 saturated carbocycles. The van der Waals surface area contributed by atoms with Crippen molar-refractivity contribution >= 4 is 16.8 Å². The molecule has 130 valence electrons. The van der Waals surface area contributed by atoms with Gasteiger partial charge in [-0.3, -0.25) is 4.79 Å². The van der Waals surface area contributed by atoms with Crippen LogP contribution >= 0.6 is 0 Å². The molecule has 0 aliphatic heterocycles. The fourth-order valence-electron chi connectivity index (χ4n) is 2.94. The van der Waals surface area contributed by atoms with E-state index in [1.807, 2.05) is 20.0 Å². The van der Waals surface area contributed by atoms with Crippen molar-refractivity contribution in [2.75, 3.05) is 6.54 Å². The van der Waals surface area contributed by atoms with E-state index in [0.29, 0.717) is 12.1 Å². The van der Waals surface area contributed by atoms with Gasteiger partial charge in [-0.05, 0) is 35.4 Å². The minimum atomic E-state index is -0.406. The minimum Gasteiger partial charge on any atom is -0.361 e. The highest BCUT2D eigenvalue weighted by Gasteiger charge is 2.25. The number of carbonyl (C=O) groups excluding carboxylic acids is 1. The predicted molar refractivity (Wildman–Crippen MR) is 94.4 cm³/mol. The van der Waals surface area contributed by atoms with E-state index in [-0.39, 0.29) is 24.0 Å². The molecule has 25 heavy (non-hydrogen) atoms. The number of hydrogen-bond donors (Lipinski definition) is 2. The maximum Gasteiger partial charge on any atom is 0.224 e. The molecule has 2 aromatic carbocycles. The average Bonchev–Trinajstić information content (AvgIpc) is 2.99. The average molecular weight is 342 g/mol. The summed E-state index contributed by atoms with van der Waals surface area (Å²) >= 11 is 0. The molecule has 0 aliphatic carbocycles. The van der Waals surface area contributed by atoms with E-state index < -0.39 is 5.41 Å². The minimum absolute atomic E-state index is 0.00866. The van der Waals surface area contributed by atoms with Crippen molar-refractivity contribution in [1.82, 2.24) is 10.3 Å². The summed E-state index contributed by atoms with van der Waals surface area (Å²) in [5, 5.41) is 3.65. The highest BCUT2D eigenvalue weighted by molar-refractivity contribution is 5.84. The molecule has 3 nitrogen and oxygen atoms in total. The maximum atomic E-state index is 13.6. The summed E-state index contributed by atoms with van der Waals surface area (Å²) in [7, 11) is 0. The van der Waals surface area contributed by atoms with Crippen molar-refractivity contribution in [3.8, 4) is 0 Å².